The lowest BCUT2D eigenvalue weighted by atomic mass is 9.99. The normalized spacial score (nSPS) is 11.6. The fourth-order valence-electron chi connectivity index (χ4n) is 10.3. The van der Waals surface area contributed by atoms with Gasteiger partial charge in [0.25, 0.3) is 17.7 Å². The smallest absolute Gasteiger partial charge is 0.258 e. The second kappa shape index (κ2) is 17.8. The van der Waals surface area contributed by atoms with E-state index >= 15 is 14.4 Å². The molecular formula is C63H42N6O6. The van der Waals surface area contributed by atoms with Gasteiger partial charge in [0.1, 0.15) is 33.5 Å². The van der Waals surface area contributed by atoms with Gasteiger partial charge in [-0.3, -0.25) is 29.3 Å². The second-order valence-electron chi connectivity index (χ2n) is 18.3. The highest BCUT2D eigenvalue weighted by Crippen LogP contribution is 2.44. The zero-order valence-corrected chi connectivity index (χ0v) is 40.7. The molecule has 12 nitrogen and oxygen atoms in total. The summed E-state index contributed by atoms with van der Waals surface area (Å²) >= 11 is 0. The van der Waals surface area contributed by atoms with Gasteiger partial charge in [0.2, 0.25) is 0 Å². The van der Waals surface area contributed by atoms with E-state index in [9.17, 15) is 0 Å². The van der Waals surface area contributed by atoms with Crippen molar-refractivity contribution in [3.63, 3.8) is 0 Å². The number of furan rings is 3. The second-order valence-corrected chi connectivity index (χ2v) is 18.3. The van der Waals surface area contributed by atoms with E-state index in [1.54, 1.807) is 57.9 Å². The average Bonchev–Trinajstić information content (AvgIpc) is 4.24. The third kappa shape index (κ3) is 7.37. The molecule has 0 atom stereocenters. The Bertz CT molecular complexity index is 3970. The van der Waals surface area contributed by atoms with Crippen molar-refractivity contribution in [2.24, 2.45) is 0 Å². The highest BCUT2D eigenvalue weighted by Gasteiger charge is 2.29. The lowest BCUT2D eigenvalue weighted by molar-refractivity contribution is 0.0992. The van der Waals surface area contributed by atoms with E-state index in [0.717, 1.165) is 32.8 Å². The molecule has 3 amide bonds. The number of hydrogen-bond donors (Lipinski definition) is 0. The van der Waals surface area contributed by atoms with Crippen LogP contribution in [0.1, 0.15) is 31.1 Å². The largest absolute Gasteiger partial charge is 0.455 e. The Morgan fingerprint density at radius 1 is 0.347 bits per heavy atom. The summed E-state index contributed by atoms with van der Waals surface area (Å²) in [6.07, 6.45) is 5.18. The van der Waals surface area contributed by atoms with Gasteiger partial charge in [0.15, 0.2) is 0 Å². The first kappa shape index (κ1) is 44.7. The topological polar surface area (TPSA) is 139 Å². The average molecular weight is 979 g/mol. The SMILES string of the molecule is CN(C(=O)c1cc(C(=O)N(C)c2ccc(-c3ccccn3)c3oc4ccccc4c23)cc(C(=O)N(C)c2ccc(-c3ccccn3)c3oc4ccccc4c23)c1)c1ccc(-c2ccccn2)c2oc3ccccc3c12. The van der Waals surface area contributed by atoms with E-state index in [-0.39, 0.29) is 16.7 Å². The molecule has 0 saturated heterocycles. The number of anilines is 3. The minimum absolute atomic E-state index is 0.108. The van der Waals surface area contributed by atoms with Gasteiger partial charge in [-0.25, -0.2) is 0 Å². The molecule has 0 radical (unpaired) electrons. The van der Waals surface area contributed by atoms with Gasteiger partial charge in [-0.05, 0) is 109 Å². The number of amides is 3. The molecule has 0 aliphatic carbocycles. The van der Waals surface area contributed by atoms with Gasteiger partial charge >= 0.3 is 0 Å². The highest BCUT2D eigenvalue weighted by molar-refractivity contribution is 6.24. The lowest BCUT2D eigenvalue weighted by Crippen LogP contribution is -2.31. The monoisotopic (exact) mass is 978 g/mol. The maximum atomic E-state index is 15.3. The van der Waals surface area contributed by atoms with E-state index in [0.29, 0.717) is 83.8 Å². The number of carbonyl (C=O) groups is 3. The molecule has 12 heteroatoms. The molecule has 360 valence electrons. The maximum absolute atomic E-state index is 15.3. The van der Waals surface area contributed by atoms with Crippen LogP contribution in [0.2, 0.25) is 0 Å². The number of benzene rings is 7. The number of fused-ring (bicyclic) bond motifs is 9. The molecule has 0 saturated carbocycles. The van der Waals surface area contributed by atoms with Crippen LogP contribution < -0.4 is 14.7 Å². The summed E-state index contributed by atoms with van der Waals surface area (Å²) in [6, 6.07) is 56.0. The molecular weight excluding hydrogens is 937 g/mol. The molecule has 0 aliphatic rings. The van der Waals surface area contributed by atoms with E-state index in [1.807, 2.05) is 164 Å². The summed E-state index contributed by atoms with van der Waals surface area (Å²) in [4.78, 5) is 64.5. The van der Waals surface area contributed by atoms with Crippen molar-refractivity contribution in [1.29, 1.82) is 0 Å². The molecule has 0 aliphatic heterocycles. The zero-order chi connectivity index (χ0) is 50.9. The van der Waals surface area contributed by atoms with Crippen molar-refractivity contribution >= 4 is 101 Å². The van der Waals surface area contributed by atoms with Gasteiger partial charge in [-0.1, -0.05) is 72.8 Å². The minimum Gasteiger partial charge on any atom is -0.455 e. The standard InChI is InChI=1S/C63H42N6O6/c1-67(49-28-25-40(46-19-10-13-31-64-46)58-55(49)43-16-4-7-22-52(43)73-58)61(70)37-34-38(62(71)68(2)50-29-26-41(47-20-11-14-32-65-47)59-56(50)44-17-5-8-23-53(44)74-59)36-39(35-37)63(72)69(3)51-30-27-42(48-21-12-15-33-66-48)60-57(51)45-18-6-9-24-54(45)75-60/h4-36H,1-3H3. The van der Waals surface area contributed by atoms with Crippen LogP contribution in [-0.4, -0.2) is 53.8 Å². The Hall–Kier alpha value is -10.2. The Kier molecular flexibility index (Phi) is 10.6. The van der Waals surface area contributed by atoms with E-state index in [1.165, 1.54) is 14.7 Å². The number of rotatable bonds is 9. The van der Waals surface area contributed by atoms with E-state index in [2.05, 4.69) is 15.0 Å². The first-order valence-corrected chi connectivity index (χ1v) is 24.3. The summed E-state index contributed by atoms with van der Waals surface area (Å²) < 4.78 is 19.6. The summed E-state index contributed by atoms with van der Waals surface area (Å²) in [5.41, 5.74) is 10.0. The zero-order valence-electron chi connectivity index (χ0n) is 40.7. The minimum atomic E-state index is -0.466. The molecule has 0 spiro atoms. The fraction of sp³-hybridized carbons (Fsp3) is 0.0476. The molecule has 0 fully saturated rings. The Morgan fingerprint density at radius 3 is 0.907 bits per heavy atom. The summed E-state index contributed by atoms with van der Waals surface area (Å²) in [7, 11) is 5.05. The highest BCUT2D eigenvalue weighted by atomic mass is 16.3. The van der Waals surface area contributed by atoms with Crippen molar-refractivity contribution in [1.82, 2.24) is 15.0 Å². The summed E-state index contributed by atoms with van der Waals surface area (Å²) in [5.74, 6) is -1.40. The van der Waals surface area contributed by atoms with Gasteiger partial charge in [-0.15, -0.1) is 0 Å². The molecule has 0 bridgehead atoms. The Morgan fingerprint density at radius 2 is 0.627 bits per heavy atom. The van der Waals surface area contributed by atoms with Gasteiger partial charge in [0, 0.05) is 89.3 Å². The molecule has 13 rings (SSSR count). The third-order valence-corrected chi connectivity index (χ3v) is 14.0. The molecule has 6 heterocycles. The van der Waals surface area contributed by atoms with Crippen LogP contribution in [0.5, 0.6) is 0 Å². The van der Waals surface area contributed by atoms with Crippen molar-refractivity contribution in [3.05, 3.63) is 217 Å². The number of nitrogens with zero attached hydrogens (tertiary/aromatic N) is 6. The molecule has 0 unspecified atom stereocenters. The van der Waals surface area contributed by atoms with Gasteiger partial charge in [0.05, 0.1) is 50.3 Å². The van der Waals surface area contributed by atoms with Gasteiger partial charge < -0.3 is 28.0 Å². The molecule has 6 aromatic heterocycles. The van der Waals surface area contributed by atoms with Crippen LogP contribution in [0, 0.1) is 0 Å². The van der Waals surface area contributed by atoms with Crippen LogP contribution >= 0.6 is 0 Å². The van der Waals surface area contributed by atoms with Gasteiger partial charge in [-0.2, -0.15) is 0 Å². The molecule has 75 heavy (non-hydrogen) atoms. The van der Waals surface area contributed by atoms with Crippen LogP contribution in [-0.2, 0) is 0 Å². The first-order chi connectivity index (χ1) is 36.7. The first-order valence-electron chi connectivity index (χ1n) is 24.3. The van der Waals surface area contributed by atoms with Crippen molar-refractivity contribution in [2.75, 3.05) is 35.8 Å². The third-order valence-electron chi connectivity index (χ3n) is 14.0. The number of hydrogen-bond acceptors (Lipinski definition) is 9. The maximum Gasteiger partial charge on any atom is 0.258 e. The fourth-order valence-corrected chi connectivity index (χ4v) is 10.3. The summed E-state index contributed by atoms with van der Waals surface area (Å²) in [6.45, 7) is 0. The lowest BCUT2D eigenvalue weighted by Gasteiger charge is -2.23. The van der Waals surface area contributed by atoms with Crippen molar-refractivity contribution in [2.45, 2.75) is 0 Å². The molecule has 7 aromatic carbocycles. The number of pyridine rings is 3. The number of para-hydroxylation sites is 3. The Balaban J connectivity index is 0.959. The summed E-state index contributed by atoms with van der Waals surface area (Å²) in [5, 5.41) is 4.56. The van der Waals surface area contributed by atoms with Crippen LogP contribution in [0.15, 0.2) is 214 Å². The molecule has 13 aromatic rings. The van der Waals surface area contributed by atoms with Crippen LogP contribution in [0.4, 0.5) is 17.1 Å². The van der Waals surface area contributed by atoms with Crippen molar-refractivity contribution < 1.29 is 27.6 Å². The predicted molar refractivity (Wildman–Crippen MR) is 295 cm³/mol. The number of carbonyl (C=O) groups excluding carboxylic acids is 3. The van der Waals surface area contributed by atoms with E-state index < -0.39 is 17.7 Å². The quantitative estimate of drug-likeness (QED) is 0.138. The van der Waals surface area contributed by atoms with Crippen molar-refractivity contribution in [3.8, 4) is 33.8 Å². The van der Waals surface area contributed by atoms with Crippen LogP contribution in [0.25, 0.3) is 99.6 Å². The predicted octanol–water partition coefficient (Wildman–Crippen LogP) is 14.4. The van der Waals surface area contributed by atoms with E-state index in [4.69, 9.17) is 13.3 Å². The van der Waals surface area contributed by atoms with Crippen LogP contribution in [0.3, 0.4) is 0 Å². The number of aromatic nitrogens is 3. The Labute approximate surface area is 428 Å². The molecule has 0 N–H and O–H groups in total.